The van der Waals surface area contributed by atoms with Crippen molar-refractivity contribution in [3.63, 3.8) is 0 Å². The third kappa shape index (κ3) is 1.79. The smallest absolute Gasteiger partial charge is 0.336 e. The Hall–Kier alpha value is -1.82. The van der Waals surface area contributed by atoms with Crippen molar-refractivity contribution in [2.45, 2.75) is 5.37 Å². The highest BCUT2D eigenvalue weighted by atomic mass is 32.2. The molecule has 0 radical (unpaired) electrons. The SMILES string of the molecule is O=C1NC(c2ccccc2C(=O)O)SC1=O. The second-order valence-corrected chi connectivity index (χ2v) is 4.23. The topological polar surface area (TPSA) is 83.5 Å². The molecule has 1 atom stereocenters. The van der Waals surface area contributed by atoms with Gasteiger partial charge in [0.05, 0.1) is 5.56 Å². The number of thioether (sulfide) groups is 1. The zero-order valence-electron chi connectivity index (χ0n) is 7.97. The van der Waals surface area contributed by atoms with Crippen molar-refractivity contribution in [1.82, 2.24) is 5.32 Å². The number of carboxylic acid groups (broad SMARTS) is 1. The van der Waals surface area contributed by atoms with Crippen LogP contribution in [0.3, 0.4) is 0 Å². The molecule has 1 aromatic carbocycles. The van der Waals surface area contributed by atoms with Crippen LogP contribution < -0.4 is 5.32 Å². The minimum absolute atomic E-state index is 0.0926. The van der Waals surface area contributed by atoms with Gasteiger partial charge in [0.25, 0.3) is 11.0 Å². The van der Waals surface area contributed by atoms with Gasteiger partial charge in [0, 0.05) is 0 Å². The molecule has 1 aromatic rings. The normalized spacial score (nSPS) is 19.6. The van der Waals surface area contributed by atoms with E-state index in [4.69, 9.17) is 5.11 Å². The average molecular weight is 237 g/mol. The standard InChI is InChI=1S/C10H7NO4S/c12-7-10(15)16-8(11-7)5-3-1-2-4-6(5)9(13)14/h1-4,8H,(H,11,12)(H,13,14). The molecule has 2 N–H and O–H groups in total. The Morgan fingerprint density at radius 3 is 2.56 bits per heavy atom. The Bertz CT molecular complexity index is 469. The Labute approximate surface area is 94.8 Å². The molecular weight excluding hydrogens is 230 g/mol. The third-order valence-corrected chi connectivity index (χ3v) is 3.15. The molecule has 1 aliphatic rings. The van der Waals surface area contributed by atoms with Gasteiger partial charge in [-0.3, -0.25) is 9.59 Å². The summed E-state index contributed by atoms with van der Waals surface area (Å²) >= 11 is 0.795. The maximum atomic E-state index is 11.0. The van der Waals surface area contributed by atoms with Crippen molar-refractivity contribution in [3.8, 4) is 0 Å². The number of aromatic carboxylic acids is 1. The number of nitrogens with one attached hydrogen (secondary N) is 1. The van der Waals surface area contributed by atoms with E-state index in [9.17, 15) is 14.4 Å². The lowest BCUT2D eigenvalue weighted by atomic mass is 10.1. The number of carbonyl (C=O) groups excluding carboxylic acids is 2. The van der Waals surface area contributed by atoms with E-state index in [1.54, 1.807) is 18.2 Å². The molecule has 1 fully saturated rings. The number of carbonyl (C=O) groups is 3. The third-order valence-electron chi connectivity index (χ3n) is 2.15. The summed E-state index contributed by atoms with van der Waals surface area (Å²) in [5.41, 5.74) is 0.522. The van der Waals surface area contributed by atoms with Crippen molar-refractivity contribution in [2.24, 2.45) is 0 Å². The molecule has 1 amide bonds. The van der Waals surface area contributed by atoms with Gasteiger partial charge in [0.1, 0.15) is 5.37 Å². The fourth-order valence-corrected chi connectivity index (χ4v) is 2.31. The van der Waals surface area contributed by atoms with Crippen molar-refractivity contribution in [3.05, 3.63) is 35.4 Å². The van der Waals surface area contributed by atoms with Gasteiger partial charge in [-0.2, -0.15) is 0 Å². The Morgan fingerprint density at radius 1 is 1.31 bits per heavy atom. The molecule has 16 heavy (non-hydrogen) atoms. The molecule has 0 aliphatic carbocycles. The van der Waals surface area contributed by atoms with Gasteiger partial charge < -0.3 is 10.4 Å². The van der Waals surface area contributed by atoms with Gasteiger partial charge in [-0.25, -0.2) is 4.79 Å². The van der Waals surface area contributed by atoms with Crippen molar-refractivity contribution >= 4 is 28.8 Å². The van der Waals surface area contributed by atoms with E-state index in [1.807, 2.05) is 0 Å². The zero-order valence-corrected chi connectivity index (χ0v) is 8.78. The second kappa shape index (κ2) is 3.97. The molecular formula is C10H7NO4S. The van der Waals surface area contributed by atoms with Crippen LogP contribution in [-0.2, 0) is 9.59 Å². The summed E-state index contributed by atoms with van der Waals surface area (Å²) in [4.78, 5) is 33.0. The monoisotopic (exact) mass is 237 g/mol. The first-order valence-electron chi connectivity index (χ1n) is 4.43. The number of benzene rings is 1. The van der Waals surface area contributed by atoms with Crippen LogP contribution in [0.15, 0.2) is 24.3 Å². The molecule has 1 heterocycles. The van der Waals surface area contributed by atoms with E-state index < -0.39 is 22.4 Å². The van der Waals surface area contributed by atoms with Gasteiger partial charge in [0.15, 0.2) is 0 Å². The second-order valence-electron chi connectivity index (χ2n) is 3.15. The Kier molecular flexibility index (Phi) is 2.66. The number of rotatable bonds is 2. The van der Waals surface area contributed by atoms with Crippen LogP contribution in [0.25, 0.3) is 0 Å². The highest BCUT2D eigenvalue weighted by Crippen LogP contribution is 2.33. The van der Waals surface area contributed by atoms with Crippen LogP contribution in [0.2, 0.25) is 0 Å². The van der Waals surface area contributed by atoms with Crippen LogP contribution in [0.5, 0.6) is 0 Å². The minimum Gasteiger partial charge on any atom is -0.478 e. The first-order valence-corrected chi connectivity index (χ1v) is 5.31. The maximum Gasteiger partial charge on any atom is 0.336 e. The largest absolute Gasteiger partial charge is 0.478 e. The molecule has 1 unspecified atom stereocenters. The van der Waals surface area contributed by atoms with Gasteiger partial charge in [0.2, 0.25) is 0 Å². The summed E-state index contributed by atoms with van der Waals surface area (Å²) in [6, 6.07) is 6.28. The van der Waals surface area contributed by atoms with Crippen LogP contribution >= 0.6 is 11.8 Å². The summed E-state index contributed by atoms with van der Waals surface area (Å²) < 4.78 is 0. The van der Waals surface area contributed by atoms with Crippen LogP contribution in [0, 0.1) is 0 Å². The zero-order chi connectivity index (χ0) is 11.7. The van der Waals surface area contributed by atoms with E-state index in [0.717, 1.165) is 11.8 Å². The summed E-state index contributed by atoms with van der Waals surface area (Å²) in [6.45, 7) is 0. The van der Waals surface area contributed by atoms with Gasteiger partial charge >= 0.3 is 5.97 Å². The first-order chi connectivity index (χ1) is 7.59. The molecule has 5 nitrogen and oxygen atoms in total. The van der Waals surface area contributed by atoms with Crippen LogP contribution in [0.1, 0.15) is 21.3 Å². The molecule has 1 aliphatic heterocycles. The average Bonchev–Trinajstić information content (AvgIpc) is 2.59. The first kappa shape index (κ1) is 10.7. The maximum absolute atomic E-state index is 11.0. The summed E-state index contributed by atoms with van der Waals surface area (Å²) in [5.74, 6) is -1.76. The number of hydrogen-bond donors (Lipinski definition) is 2. The predicted octanol–water partition coefficient (Wildman–Crippen LogP) is 0.773. The lowest BCUT2D eigenvalue weighted by molar-refractivity contribution is -0.132. The van der Waals surface area contributed by atoms with Crippen molar-refractivity contribution in [2.75, 3.05) is 0 Å². The quantitative estimate of drug-likeness (QED) is 0.742. The molecule has 0 spiro atoms. The molecule has 6 heteroatoms. The highest BCUT2D eigenvalue weighted by molar-refractivity contribution is 8.16. The minimum atomic E-state index is -1.08. The number of carboxylic acids is 1. The Balaban J connectivity index is 2.38. The molecule has 0 aromatic heterocycles. The summed E-state index contributed by atoms with van der Waals surface area (Å²) in [5, 5.41) is 10.2. The summed E-state index contributed by atoms with van der Waals surface area (Å²) in [7, 11) is 0. The van der Waals surface area contributed by atoms with Crippen molar-refractivity contribution in [1.29, 1.82) is 0 Å². The molecule has 0 saturated carbocycles. The van der Waals surface area contributed by atoms with Gasteiger partial charge in [-0.15, -0.1) is 0 Å². The van der Waals surface area contributed by atoms with Gasteiger partial charge in [-0.05, 0) is 23.4 Å². The predicted molar refractivity (Wildman–Crippen MR) is 56.9 cm³/mol. The fourth-order valence-electron chi connectivity index (χ4n) is 1.43. The molecule has 0 bridgehead atoms. The van der Waals surface area contributed by atoms with E-state index >= 15 is 0 Å². The van der Waals surface area contributed by atoms with Crippen molar-refractivity contribution < 1.29 is 19.5 Å². The fraction of sp³-hybridized carbons (Fsp3) is 0.100. The van der Waals surface area contributed by atoms with Gasteiger partial charge in [-0.1, -0.05) is 18.2 Å². The molecule has 2 rings (SSSR count). The van der Waals surface area contributed by atoms with Crippen LogP contribution in [0.4, 0.5) is 0 Å². The Morgan fingerprint density at radius 2 is 2.00 bits per heavy atom. The van der Waals surface area contributed by atoms with E-state index in [0.29, 0.717) is 5.56 Å². The lowest BCUT2D eigenvalue weighted by Crippen LogP contribution is -2.22. The van der Waals surface area contributed by atoms with E-state index in [1.165, 1.54) is 6.07 Å². The summed E-state index contributed by atoms with van der Waals surface area (Å²) in [6.07, 6.45) is 0. The number of amides is 1. The molecule has 82 valence electrons. The van der Waals surface area contributed by atoms with E-state index in [2.05, 4.69) is 5.32 Å². The number of hydrogen-bond acceptors (Lipinski definition) is 4. The molecule has 1 saturated heterocycles. The highest BCUT2D eigenvalue weighted by Gasteiger charge is 2.33. The lowest BCUT2D eigenvalue weighted by Gasteiger charge is -2.11. The van der Waals surface area contributed by atoms with E-state index in [-0.39, 0.29) is 5.56 Å². The van der Waals surface area contributed by atoms with Crippen LogP contribution in [-0.4, -0.2) is 22.1 Å².